The molecule has 1 rings (SSSR count). The Morgan fingerprint density at radius 1 is 1.28 bits per heavy atom. The molecule has 7 nitrogen and oxygen atoms in total. The van der Waals surface area contributed by atoms with Crippen molar-refractivity contribution in [3.05, 3.63) is 34.1 Å². The van der Waals surface area contributed by atoms with E-state index in [0.717, 1.165) is 12.1 Å². The van der Waals surface area contributed by atoms with Crippen molar-refractivity contribution >= 4 is 11.4 Å². The molecule has 4 N–H and O–H groups in total. The van der Waals surface area contributed by atoms with Crippen LogP contribution in [0.4, 0.5) is 15.8 Å². The topological polar surface area (TPSA) is 116 Å². The van der Waals surface area contributed by atoms with Crippen molar-refractivity contribution in [3.8, 4) is 0 Å². The van der Waals surface area contributed by atoms with Crippen molar-refractivity contribution in [1.29, 1.82) is 0 Å². The van der Waals surface area contributed by atoms with Gasteiger partial charge in [-0.05, 0) is 12.1 Å². The molecule has 0 spiro atoms. The minimum atomic E-state index is -1.51. The van der Waals surface area contributed by atoms with Crippen LogP contribution in [-0.2, 0) is 0 Å². The molecule has 0 aliphatic rings. The Labute approximate surface area is 102 Å². The Balaban J connectivity index is 3.13. The van der Waals surface area contributed by atoms with E-state index in [2.05, 4.69) is 5.32 Å². The first-order valence-electron chi connectivity index (χ1n) is 5.03. The van der Waals surface area contributed by atoms with Crippen LogP contribution in [0.5, 0.6) is 0 Å². The Bertz CT molecular complexity index is 428. The number of aliphatic hydroxyl groups is 3. The minimum Gasteiger partial charge on any atom is -0.394 e. The summed E-state index contributed by atoms with van der Waals surface area (Å²) < 4.78 is 12.9. The molecule has 1 aromatic carbocycles. The van der Waals surface area contributed by atoms with Gasteiger partial charge in [-0.2, -0.15) is 0 Å². The van der Waals surface area contributed by atoms with Gasteiger partial charge >= 0.3 is 0 Å². The number of nitro benzene ring substituents is 1. The zero-order valence-corrected chi connectivity index (χ0v) is 9.34. The largest absolute Gasteiger partial charge is 0.394 e. The van der Waals surface area contributed by atoms with E-state index in [4.69, 9.17) is 15.3 Å². The lowest BCUT2D eigenvalue weighted by Crippen LogP contribution is -2.49. The van der Waals surface area contributed by atoms with E-state index in [1.165, 1.54) is 0 Å². The molecule has 0 saturated carbocycles. The quantitative estimate of drug-likeness (QED) is 0.418. The van der Waals surface area contributed by atoms with Crippen LogP contribution in [0.25, 0.3) is 0 Å². The van der Waals surface area contributed by atoms with Crippen molar-refractivity contribution in [2.45, 2.75) is 5.54 Å². The highest BCUT2D eigenvalue weighted by Crippen LogP contribution is 2.27. The molecule has 18 heavy (non-hydrogen) atoms. The number of nitrogens with zero attached hydrogens (tertiary/aromatic N) is 1. The highest BCUT2D eigenvalue weighted by atomic mass is 19.1. The molecule has 0 aliphatic carbocycles. The number of benzene rings is 1. The van der Waals surface area contributed by atoms with Crippen LogP contribution in [0, 0.1) is 15.9 Å². The predicted octanol–water partition coefficient (Wildman–Crippen LogP) is -0.139. The first kappa shape index (κ1) is 14.3. The lowest BCUT2D eigenvalue weighted by molar-refractivity contribution is -0.384. The van der Waals surface area contributed by atoms with Crippen LogP contribution in [0.1, 0.15) is 0 Å². The summed E-state index contributed by atoms with van der Waals surface area (Å²) in [5.74, 6) is -0.783. The Kier molecular flexibility index (Phi) is 4.54. The van der Waals surface area contributed by atoms with Gasteiger partial charge in [-0.25, -0.2) is 4.39 Å². The van der Waals surface area contributed by atoms with Crippen LogP contribution in [0.15, 0.2) is 18.2 Å². The van der Waals surface area contributed by atoms with Crippen LogP contribution >= 0.6 is 0 Å². The fourth-order valence-corrected chi connectivity index (χ4v) is 1.32. The maximum atomic E-state index is 12.9. The summed E-state index contributed by atoms with van der Waals surface area (Å²) in [6.45, 7) is -1.93. The first-order chi connectivity index (χ1) is 8.48. The van der Waals surface area contributed by atoms with Gasteiger partial charge in [0.2, 0.25) is 0 Å². The fraction of sp³-hybridized carbons (Fsp3) is 0.400. The van der Waals surface area contributed by atoms with Gasteiger partial charge in [0.25, 0.3) is 5.69 Å². The van der Waals surface area contributed by atoms with Gasteiger partial charge in [0.05, 0.1) is 30.8 Å². The van der Waals surface area contributed by atoms with Crippen molar-refractivity contribution in [1.82, 2.24) is 0 Å². The minimum absolute atomic E-state index is 0.0986. The van der Waals surface area contributed by atoms with Gasteiger partial charge in [-0.15, -0.1) is 0 Å². The molecule has 0 bridgehead atoms. The number of nitrogens with one attached hydrogen (secondary N) is 1. The van der Waals surface area contributed by atoms with E-state index in [1.54, 1.807) is 0 Å². The molecule has 0 atom stereocenters. The molecule has 0 amide bonds. The number of rotatable bonds is 6. The zero-order chi connectivity index (χ0) is 13.8. The number of anilines is 1. The van der Waals surface area contributed by atoms with E-state index in [-0.39, 0.29) is 5.69 Å². The first-order valence-corrected chi connectivity index (χ1v) is 5.03. The van der Waals surface area contributed by atoms with Gasteiger partial charge in [0.15, 0.2) is 0 Å². The maximum absolute atomic E-state index is 12.9. The molecule has 0 unspecified atom stereocenters. The third kappa shape index (κ3) is 2.92. The fourth-order valence-electron chi connectivity index (χ4n) is 1.32. The third-order valence-electron chi connectivity index (χ3n) is 2.46. The normalized spacial score (nSPS) is 11.3. The number of nitro groups is 1. The lowest BCUT2D eigenvalue weighted by atomic mass is 10.0. The summed E-state index contributed by atoms with van der Waals surface area (Å²) in [4.78, 5) is 9.93. The number of aliphatic hydroxyl groups excluding tert-OH is 3. The lowest BCUT2D eigenvalue weighted by Gasteiger charge is -2.29. The summed E-state index contributed by atoms with van der Waals surface area (Å²) in [6, 6.07) is 2.80. The summed E-state index contributed by atoms with van der Waals surface area (Å²) in [6.07, 6.45) is 0. The molecule has 0 fully saturated rings. The Hall–Kier alpha value is -1.77. The second kappa shape index (κ2) is 5.71. The van der Waals surface area contributed by atoms with Gasteiger partial charge in [0, 0.05) is 0 Å². The van der Waals surface area contributed by atoms with Crippen LogP contribution in [-0.4, -0.2) is 45.6 Å². The molecule has 0 aliphatic heterocycles. The van der Waals surface area contributed by atoms with Crippen molar-refractivity contribution < 1.29 is 24.6 Å². The maximum Gasteiger partial charge on any atom is 0.295 e. The molecular formula is C10H13FN2O5. The van der Waals surface area contributed by atoms with E-state index in [9.17, 15) is 14.5 Å². The van der Waals surface area contributed by atoms with Crippen LogP contribution in [0.2, 0.25) is 0 Å². The molecule has 8 heteroatoms. The number of halogens is 1. The summed E-state index contributed by atoms with van der Waals surface area (Å²) in [7, 11) is 0. The molecule has 0 saturated heterocycles. The molecule has 0 heterocycles. The van der Waals surface area contributed by atoms with Crippen molar-refractivity contribution in [3.63, 3.8) is 0 Å². The van der Waals surface area contributed by atoms with Gasteiger partial charge in [-0.1, -0.05) is 0 Å². The summed E-state index contributed by atoms with van der Waals surface area (Å²) in [5.41, 5.74) is -2.16. The van der Waals surface area contributed by atoms with Gasteiger partial charge in [-0.3, -0.25) is 10.1 Å². The standard InChI is InChI=1S/C10H13FN2O5/c11-7-1-2-8(9(3-7)13(17)18)12-10(4-14,5-15)6-16/h1-3,12,14-16H,4-6H2. The van der Waals surface area contributed by atoms with E-state index in [1.807, 2.05) is 0 Å². The monoisotopic (exact) mass is 260 g/mol. The SMILES string of the molecule is O=[N+]([O-])c1cc(F)ccc1NC(CO)(CO)CO. The summed E-state index contributed by atoms with van der Waals surface area (Å²) in [5, 5.41) is 40.5. The molecule has 1 aromatic rings. The number of hydrogen-bond donors (Lipinski definition) is 4. The van der Waals surface area contributed by atoms with Gasteiger partial charge in [0.1, 0.15) is 17.0 Å². The smallest absolute Gasteiger partial charge is 0.295 e. The van der Waals surface area contributed by atoms with Crippen molar-refractivity contribution in [2.24, 2.45) is 0 Å². The molecule has 0 radical (unpaired) electrons. The van der Waals surface area contributed by atoms with E-state index < -0.39 is 41.8 Å². The molecular weight excluding hydrogens is 247 g/mol. The average molecular weight is 260 g/mol. The highest BCUT2D eigenvalue weighted by molar-refractivity contribution is 5.62. The molecule has 0 aromatic heterocycles. The second-order valence-corrected chi connectivity index (χ2v) is 3.80. The van der Waals surface area contributed by atoms with Crippen molar-refractivity contribution in [2.75, 3.05) is 25.1 Å². The Morgan fingerprint density at radius 3 is 2.28 bits per heavy atom. The Morgan fingerprint density at radius 2 is 1.83 bits per heavy atom. The zero-order valence-electron chi connectivity index (χ0n) is 9.34. The second-order valence-electron chi connectivity index (χ2n) is 3.80. The highest BCUT2D eigenvalue weighted by Gasteiger charge is 2.30. The summed E-state index contributed by atoms with van der Waals surface area (Å²) >= 11 is 0. The third-order valence-corrected chi connectivity index (χ3v) is 2.46. The van der Waals surface area contributed by atoms with Crippen LogP contribution in [0.3, 0.4) is 0 Å². The average Bonchev–Trinajstić information content (AvgIpc) is 2.37. The predicted molar refractivity (Wildman–Crippen MR) is 60.7 cm³/mol. The van der Waals surface area contributed by atoms with E-state index in [0.29, 0.717) is 6.07 Å². The number of hydrogen-bond acceptors (Lipinski definition) is 6. The molecule has 100 valence electrons. The van der Waals surface area contributed by atoms with Gasteiger partial charge < -0.3 is 20.6 Å². The van der Waals surface area contributed by atoms with E-state index >= 15 is 0 Å². The van der Waals surface area contributed by atoms with Crippen LogP contribution < -0.4 is 5.32 Å².